The van der Waals surface area contributed by atoms with Crippen molar-refractivity contribution in [2.75, 3.05) is 13.1 Å². The second-order valence-corrected chi connectivity index (χ2v) is 9.37. The van der Waals surface area contributed by atoms with Gasteiger partial charge in [-0.25, -0.2) is 8.42 Å². The second-order valence-electron chi connectivity index (χ2n) is 7.43. The van der Waals surface area contributed by atoms with Crippen molar-refractivity contribution < 1.29 is 18.3 Å². The fourth-order valence-corrected chi connectivity index (χ4v) is 4.67. The zero-order valence-electron chi connectivity index (χ0n) is 17.0. The van der Waals surface area contributed by atoms with Gasteiger partial charge in [0.15, 0.2) is 0 Å². The van der Waals surface area contributed by atoms with E-state index in [2.05, 4.69) is 10.0 Å². The standard InChI is InChI=1S/C21H26N4O4S/c1-16(2)13-25(30(28,29)19-10-8-18(15-26)9-11-19)14-21(27)20(23-24-22)12-17-6-4-3-5-7-17/h3-11,15-16,20-21,27H,12-14H2,1-2H3/t20-,21+/m0/s1. The summed E-state index contributed by atoms with van der Waals surface area (Å²) in [6.07, 6.45) is -0.264. The van der Waals surface area contributed by atoms with E-state index in [1.807, 2.05) is 44.2 Å². The summed E-state index contributed by atoms with van der Waals surface area (Å²) in [5.74, 6) is 0.00765. The van der Waals surface area contributed by atoms with Crippen molar-refractivity contribution in [1.29, 1.82) is 0 Å². The molecular weight excluding hydrogens is 404 g/mol. The van der Waals surface area contributed by atoms with Gasteiger partial charge in [-0.05, 0) is 35.6 Å². The molecule has 2 aromatic rings. The van der Waals surface area contributed by atoms with E-state index in [0.717, 1.165) is 5.56 Å². The third-order valence-electron chi connectivity index (χ3n) is 4.55. The van der Waals surface area contributed by atoms with Crippen molar-refractivity contribution in [3.8, 4) is 0 Å². The van der Waals surface area contributed by atoms with E-state index >= 15 is 0 Å². The first-order valence-electron chi connectivity index (χ1n) is 9.59. The highest BCUT2D eigenvalue weighted by Crippen LogP contribution is 2.20. The molecule has 30 heavy (non-hydrogen) atoms. The predicted octanol–water partition coefficient (Wildman–Crippen LogP) is 3.43. The number of carbonyl (C=O) groups is 1. The highest BCUT2D eigenvalue weighted by atomic mass is 32.2. The lowest BCUT2D eigenvalue weighted by atomic mass is 10.0. The lowest BCUT2D eigenvalue weighted by Gasteiger charge is -2.28. The molecule has 2 atom stereocenters. The summed E-state index contributed by atoms with van der Waals surface area (Å²) in [5.41, 5.74) is 10.2. The van der Waals surface area contributed by atoms with E-state index in [9.17, 15) is 18.3 Å². The Labute approximate surface area is 176 Å². The number of carbonyl (C=O) groups excluding carboxylic acids is 1. The van der Waals surface area contributed by atoms with Gasteiger partial charge in [-0.2, -0.15) is 4.31 Å². The van der Waals surface area contributed by atoms with E-state index < -0.39 is 22.2 Å². The lowest BCUT2D eigenvalue weighted by molar-refractivity contribution is 0.112. The number of rotatable bonds is 11. The first kappa shape index (κ1) is 23.6. The van der Waals surface area contributed by atoms with Crippen molar-refractivity contribution in [3.05, 3.63) is 76.2 Å². The van der Waals surface area contributed by atoms with Crippen molar-refractivity contribution in [2.24, 2.45) is 11.0 Å². The Morgan fingerprint density at radius 2 is 1.73 bits per heavy atom. The number of aldehydes is 1. The maximum atomic E-state index is 13.2. The van der Waals surface area contributed by atoms with Crippen molar-refractivity contribution >= 4 is 16.3 Å². The Kier molecular flexibility index (Phi) is 8.56. The van der Waals surface area contributed by atoms with Crippen molar-refractivity contribution in [2.45, 2.75) is 37.3 Å². The minimum atomic E-state index is -3.91. The molecule has 8 nitrogen and oxygen atoms in total. The molecule has 0 amide bonds. The molecule has 0 radical (unpaired) electrons. The molecule has 0 aliphatic heterocycles. The van der Waals surface area contributed by atoms with E-state index in [-0.39, 0.29) is 30.3 Å². The van der Waals surface area contributed by atoms with Crippen LogP contribution in [0.25, 0.3) is 10.4 Å². The second kappa shape index (κ2) is 10.9. The summed E-state index contributed by atoms with van der Waals surface area (Å²) in [6, 6.07) is 14.0. The SMILES string of the molecule is CC(C)CN(C[C@@H](O)[C@H](Cc1ccccc1)N=[N+]=[N-])S(=O)(=O)c1ccc(C=O)cc1. The smallest absolute Gasteiger partial charge is 0.243 e. The summed E-state index contributed by atoms with van der Waals surface area (Å²) < 4.78 is 27.5. The third kappa shape index (κ3) is 6.40. The van der Waals surface area contributed by atoms with Crippen LogP contribution in [0, 0.1) is 5.92 Å². The molecule has 0 aliphatic rings. The molecule has 2 aromatic carbocycles. The van der Waals surface area contributed by atoms with Crippen LogP contribution in [0.4, 0.5) is 0 Å². The number of benzene rings is 2. The zero-order valence-corrected chi connectivity index (χ0v) is 17.8. The van der Waals surface area contributed by atoms with E-state index in [0.29, 0.717) is 11.8 Å². The minimum Gasteiger partial charge on any atom is -0.391 e. The van der Waals surface area contributed by atoms with Gasteiger partial charge in [-0.15, -0.1) is 0 Å². The summed E-state index contributed by atoms with van der Waals surface area (Å²) in [5, 5.41) is 14.5. The lowest BCUT2D eigenvalue weighted by Crippen LogP contribution is -2.43. The number of sulfonamides is 1. The van der Waals surface area contributed by atoms with E-state index in [4.69, 9.17) is 5.53 Å². The van der Waals surface area contributed by atoms with Crippen LogP contribution in [-0.4, -0.2) is 49.4 Å². The maximum Gasteiger partial charge on any atom is 0.243 e. The topological polar surface area (TPSA) is 123 Å². The predicted molar refractivity (Wildman–Crippen MR) is 115 cm³/mol. The van der Waals surface area contributed by atoms with Gasteiger partial charge >= 0.3 is 0 Å². The van der Waals surface area contributed by atoms with Gasteiger partial charge in [0.05, 0.1) is 17.0 Å². The van der Waals surface area contributed by atoms with Gasteiger partial charge in [0, 0.05) is 23.6 Å². The molecular formula is C21H26N4O4S. The molecule has 0 unspecified atom stereocenters. The maximum absolute atomic E-state index is 13.2. The Balaban J connectivity index is 2.28. The number of aliphatic hydroxyl groups excluding tert-OH is 1. The monoisotopic (exact) mass is 430 g/mol. The average Bonchev–Trinajstić information content (AvgIpc) is 2.73. The first-order valence-corrected chi connectivity index (χ1v) is 11.0. The third-order valence-corrected chi connectivity index (χ3v) is 6.39. The fraction of sp³-hybridized carbons (Fsp3) is 0.381. The minimum absolute atomic E-state index is 0.00765. The molecule has 0 saturated carbocycles. The largest absolute Gasteiger partial charge is 0.391 e. The van der Waals surface area contributed by atoms with Gasteiger partial charge in [-0.3, -0.25) is 4.79 Å². The summed E-state index contributed by atoms with van der Waals surface area (Å²) in [7, 11) is -3.91. The highest BCUT2D eigenvalue weighted by Gasteiger charge is 2.30. The fourth-order valence-electron chi connectivity index (χ4n) is 3.05. The number of nitrogens with zero attached hydrogens (tertiary/aromatic N) is 4. The van der Waals surface area contributed by atoms with Crippen LogP contribution in [0.1, 0.15) is 29.8 Å². The van der Waals surface area contributed by atoms with Gasteiger partial charge < -0.3 is 5.11 Å². The Morgan fingerprint density at radius 1 is 1.10 bits per heavy atom. The molecule has 0 heterocycles. The quantitative estimate of drug-likeness (QED) is 0.254. The molecule has 160 valence electrons. The van der Waals surface area contributed by atoms with Crippen molar-refractivity contribution in [3.63, 3.8) is 0 Å². The summed E-state index contributed by atoms with van der Waals surface area (Å²) >= 11 is 0. The molecule has 2 rings (SSSR count). The van der Waals surface area contributed by atoms with E-state index in [1.165, 1.54) is 28.6 Å². The normalized spacial score (nSPS) is 13.6. The van der Waals surface area contributed by atoms with Crippen LogP contribution in [0.3, 0.4) is 0 Å². The zero-order chi connectivity index (χ0) is 22.1. The number of hydrogen-bond donors (Lipinski definition) is 1. The number of azide groups is 1. The first-order chi connectivity index (χ1) is 14.3. The Bertz CT molecular complexity index is 972. The van der Waals surface area contributed by atoms with Crippen LogP contribution in [0.15, 0.2) is 64.6 Å². The van der Waals surface area contributed by atoms with Gasteiger partial charge in [0.1, 0.15) is 6.29 Å². The molecule has 0 aromatic heterocycles. The van der Waals surface area contributed by atoms with Crippen molar-refractivity contribution in [1.82, 2.24) is 4.31 Å². The molecule has 0 aliphatic carbocycles. The molecule has 9 heteroatoms. The molecule has 0 saturated heterocycles. The summed E-state index contributed by atoms with van der Waals surface area (Å²) in [6.45, 7) is 3.72. The summed E-state index contributed by atoms with van der Waals surface area (Å²) in [4.78, 5) is 13.7. The molecule has 0 fully saturated rings. The molecule has 1 N–H and O–H groups in total. The van der Waals surface area contributed by atoms with Crippen LogP contribution >= 0.6 is 0 Å². The van der Waals surface area contributed by atoms with Crippen LogP contribution in [0.2, 0.25) is 0 Å². The van der Waals surface area contributed by atoms with Crippen LogP contribution < -0.4 is 0 Å². The average molecular weight is 431 g/mol. The van der Waals surface area contributed by atoms with Crippen LogP contribution in [0.5, 0.6) is 0 Å². The van der Waals surface area contributed by atoms with Crippen LogP contribution in [-0.2, 0) is 16.4 Å². The number of hydrogen-bond acceptors (Lipinski definition) is 5. The van der Waals surface area contributed by atoms with Gasteiger partial charge in [-0.1, -0.05) is 61.4 Å². The number of aliphatic hydroxyl groups is 1. The van der Waals surface area contributed by atoms with Gasteiger partial charge in [0.2, 0.25) is 10.0 Å². The highest BCUT2D eigenvalue weighted by molar-refractivity contribution is 7.89. The Hall–Kier alpha value is -2.71. The van der Waals surface area contributed by atoms with E-state index in [1.54, 1.807) is 0 Å². The van der Waals surface area contributed by atoms with Gasteiger partial charge in [0.25, 0.3) is 0 Å². The molecule has 0 spiro atoms. The Morgan fingerprint density at radius 3 is 2.27 bits per heavy atom. The molecule has 0 bridgehead atoms.